The van der Waals surface area contributed by atoms with E-state index in [1.807, 2.05) is 6.07 Å². The van der Waals surface area contributed by atoms with Gasteiger partial charge in [-0.2, -0.15) is 0 Å². The van der Waals surface area contributed by atoms with Gasteiger partial charge >= 0.3 is 58.4 Å². The van der Waals surface area contributed by atoms with Crippen LogP contribution in [0.2, 0.25) is 0 Å². The first-order valence-electron chi connectivity index (χ1n) is 6.10. The van der Waals surface area contributed by atoms with Gasteiger partial charge in [-0.1, -0.05) is 0 Å². The average Bonchev–Trinajstić information content (AvgIpc) is 2.35. The van der Waals surface area contributed by atoms with Gasteiger partial charge in [0, 0.05) is 6.54 Å². The van der Waals surface area contributed by atoms with Crippen molar-refractivity contribution in [2.45, 2.75) is 13.0 Å². The van der Waals surface area contributed by atoms with Crippen LogP contribution in [-0.4, -0.2) is 39.1 Å². The standard InChI is InChI=1S/C12H16BF3NO2.K/c1-18-11-5-9-3-4-17(8-13(14,15)16)7-10(9)6-12(11)19-2;/h5-6H,3-4,7-8H2,1-2H3;/q-1;+1. The fourth-order valence-electron chi connectivity index (χ4n) is 2.39. The average molecular weight is 313 g/mol. The molecule has 0 amide bonds. The zero-order valence-electron chi connectivity index (χ0n) is 12.0. The van der Waals surface area contributed by atoms with Crippen LogP contribution in [0.3, 0.4) is 0 Å². The zero-order valence-corrected chi connectivity index (χ0v) is 15.1. The largest absolute Gasteiger partial charge is 1.00 e. The summed E-state index contributed by atoms with van der Waals surface area (Å²) in [5.74, 6) is 1.18. The molecule has 2 rings (SSSR count). The quantitative estimate of drug-likeness (QED) is 0.697. The second-order valence-corrected chi connectivity index (χ2v) is 4.67. The number of fused-ring (bicyclic) bond motifs is 1. The molecule has 1 heterocycles. The summed E-state index contributed by atoms with van der Waals surface area (Å²) in [7, 11) is 3.06. The molecular formula is C12H16BF3KNO2. The summed E-state index contributed by atoms with van der Waals surface area (Å²) in [5, 5.41) is 0. The van der Waals surface area contributed by atoms with Crippen LogP contribution in [0.5, 0.6) is 11.5 Å². The molecular weight excluding hydrogens is 297 g/mol. The summed E-state index contributed by atoms with van der Waals surface area (Å²) in [6.45, 7) is -4.06. The minimum atomic E-state index is -4.78. The van der Waals surface area contributed by atoms with Crippen molar-refractivity contribution < 1.29 is 73.8 Å². The van der Waals surface area contributed by atoms with Crippen LogP contribution in [-0.2, 0) is 13.0 Å². The summed E-state index contributed by atoms with van der Waals surface area (Å²) < 4.78 is 47.7. The Kier molecular flexibility index (Phi) is 6.88. The molecule has 0 saturated carbocycles. The second kappa shape index (κ2) is 7.51. The van der Waals surface area contributed by atoms with Crippen molar-refractivity contribution in [1.29, 1.82) is 0 Å². The maximum atomic E-state index is 12.5. The van der Waals surface area contributed by atoms with E-state index in [1.165, 1.54) is 12.0 Å². The SMILES string of the molecule is COc1cc2c(cc1OC)CN(C[B-](F)(F)F)CC2.[K+]. The second-order valence-electron chi connectivity index (χ2n) is 4.67. The van der Waals surface area contributed by atoms with Gasteiger partial charge in [-0.15, -0.1) is 0 Å². The van der Waals surface area contributed by atoms with Gasteiger partial charge in [0.15, 0.2) is 11.5 Å². The summed E-state index contributed by atoms with van der Waals surface area (Å²) in [4.78, 5) is 1.42. The van der Waals surface area contributed by atoms with Crippen LogP contribution in [0.15, 0.2) is 12.1 Å². The smallest absolute Gasteiger partial charge is 0.493 e. The van der Waals surface area contributed by atoms with Crippen molar-refractivity contribution in [3.05, 3.63) is 23.3 Å². The number of hydrogen-bond donors (Lipinski definition) is 0. The molecule has 0 spiro atoms. The topological polar surface area (TPSA) is 21.7 Å². The molecule has 0 N–H and O–H groups in total. The molecule has 0 atom stereocenters. The van der Waals surface area contributed by atoms with Gasteiger partial charge in [-0.25, -0.2) is 0 Å². The zero-order chi connectivity index (χ0) is 14.0. The van der Waals surface area contributed by atoms with Gasteiger partial charge in [0.25, 0.3) is 0 Å². The molecule has 0 aromatic heterocycles. The molecule has 1 aliphatic rings. The van der Waals surface area contributed by atoms with E-state index in [0.29, 0.717) is 31.0 Å². The normalized spacial score (nSPS) is 15.2. The Morgan fingerprint density at radius 1 is 1.10 bits per heavy atom. The van der Waals surface area contributed by atoms with E-state index in [0.717, 1.165) is 11.1 Å². The van der Waals surface area contributed by atoms with Gasteiger partial charge in [0.1, 0.15) is 0 Å². The summed E-state index contributed by atoms with van der Waals surface area (Å²) in [5.41, 5.74) is 1.91. The summed E-state index contributed by atoms with van der Waals surface area (Å²) >= 11 is 0. The number of ether oxygens (including phenoxy) is 2. The van der Waals surface area contributed by atoms with Crippen LogP contribution in [0.4, 0.5) is 12.9 Å². The van der Waals surface area contributed by atoms with E-state index in [-0.39, 0.29) is 51.4 Å². The molecule has 0 aliphatic carbocycles. The van der Waals surface area contributed by atoms with E-state index in [1.54, 1.807) is 13.2 Å². The van der Waals surface area contributed by atoms with Gasteiger partial charge < -0.3 is 27.3 Å². The predicted molar refractivity (Wildman–Crippen MR) is 67.6 cm³/mol. The van der Waals surface area contributed by atoms with E-state index >= 15 is 0 Å². The van der Waals surface area contributed by atoms with Crippen molar-refractivity contribution in [3.8, 4) is 11.5 Å². The first-order chi connectivity index (χ1) is 8.93. The van der Waals surface area contributed by atoms with E-state index in [9.17, 15) is 12.9 Å². The van der Waals surface area contributed by atoms with Gasteiger partial charge in [-0.05, 0) is 42.7 Å². The number of methoxy groups -OCH3 is 2. The van der Waals surface area contributed by atoms with Crippen molar-refractivity contribution in [1.82, 2.24) is 4.90 Å². The fourth-order valence-corrected chi connectivity index (χ4v) is 2.39. The number of halogens is 3. The Bertz CT molecular complexity index is 471. The molecule has 20 heavy (non-hydrogen) atoms. The Labute approximate surface area is 159 Å². The maximum absolute atomic E-state index is 12.5. The van der Waals surface area contributed by atoms with Crippen molar-refractivity contribution in [3.63, 3.8) is 0 Å². The molecule has 0 radical (unpaired) electrons. The van der Waals surface area contributed by atoms with Crippen LogP contribution in [0, 0.1) is 0 Å². The molecule has 1 aromatic carbocycles. The third-order valence-corrected chi connectivity index (χ3v) is 3.26. The third-order valence-electron chi connectivity index (χ3n) is 3.26. The number of benzene rings is 1. The van der Waals surface area contributed by atoms with E-state index in [4.69, 9.17) is 9.47 Å². The molecule has 1 aliphatic heterocycles. The van der Waals surface area contributed by atoms with E-state index < -0.39 is 13.4 Å². The molecule has 0 saturated heterocycles. The first kappa shape index (κ1) is 18.3. The van der Waals surface area contributed by atoms with Crippen molar-refractivity contribution in [2.24, 2.45) is 0 Å². The molecule has 8 heteroatoms. The minimum Gasteiger partial charge on any atom is -0.493 e. The number of nitrogens with zero attached hydrogens (tertiary/aromatic N) is 1. The Balaban J connectivity index is 0.00000200. The summed E-state index contributed by atoms with van der Waals surface area (Å²) in [6, 6.07) is 3.62. The molecule has 3 nitrogen and oxygen atoms in total. The van der Waals surface area contributed by atoms with Crippen LogP contribution >= 0.6 is 0 Å². The van der Waals surface area contributed by atoms with Crippen LogP contribution in [0.1, 0.15) is 11.1 Å². The first-order valence-corrected chi connectivity index (χ1v) is 6.10. The Morgan fingerprint density at radius 3 is 2.15 bits per heavy atom. The third kappa shape index (κ3) is 4.64. The van der Waals surface area contributed by atoms with Gasteiger partial charge in [0.05, 0.1) is 14.2 Å². The fraction of sp³-hybridized carbons (Fsp3) is 0.500. The van der Waals surface area contributed by atoms with Crippen LogP contribution < -0.4 is 60.9 Å². The molecule has 0 unspecified atom stereocenters. The summed E-state index contributed by atoms with van der Waals surface area (Å²) in [6.07, 6.45) is -0.213. The monoisotopic (exact) mass is 313 g/mol. The maximum Gasteiger partial charge on any atom is 1.00 e. The molecule has 1 aromatic rings. The number of hydrogen-bond acceptors (Lipinski definition) is 3. The van der Waals surface area contributed by atoms with Gasteiger partial charge in [-0.3, -0.25) is 0 Å². The minimum absolute atomic E-state index is 0. The van der Waals surface area contributed by atoms with Gasteiger partial charge in [0.2, 0.25) is 0 Å². The predicted octanol–water partition coefficient (Wildman–Crippen LogP) is -0.547. The molecule has 0 fully saturated rings. The Morgan fingerprint density at radius 2 is 1.65 bits per heavy atom. The van der Waals surface area contributed by atoms with Crippen molar-refractivity contribution >= 4 is 6.98 Å². The number of rotatable bonds is 4. The Hall–Kier alpha value is 0.271. The molecule has 0 bridgehead atoms. The van der Waals surface area contributed by atoms with E-state index in [2.05, 4.69) is 0 Å². The van der Waals surface area contributed by atoms with Crippen molar-refractivity contribution in [2.75, 3.05) is 27.2 Å². The molecule has 106 valence electrons. The van der Waals surface area contributed by atoms with Crippen LogP contribution in [0.25, 0.3) is 0 Å².